The SMILES string of the molecule is CC.CCCCCCCCCOC(=O)OCCCCCC(C)(C)C. The summed E-state index contributed by atoms with van der Waals surface area (Å²) in [4.78, 5) is 11.4. The average Bonchev–Trinajstić information content (AvgIpc) is 2.54. The lowest BCUT2D eigenvalue weighted by atomic mass is 9.89. The van der Waals surface area contributed by atoms with Crippen molar-refractivity contribution < 1.29 is 14.3 Å². The van der Waals surface area contributed by atoms with Crippen molar-refractivity contribution in [1.29, 1.82) is 0 Å². The van der Waals surface area contributed by atoms with E-state index in [4.69, 9.17) is 9.47 Å². The Labute approximate surface area is 151 Å². The van der Waals surface area contributed by atoms with Gasteiger partial charge in [-0.3, -0.25) is 0 Å². The van der Waals surface area contributed by atoms with Crippen LogP contribution in [0.15, 0.2) is 0 Å². The molecule has 0 heterocycles. The molecule has 0 amide bonds. The molecule has 0 spiro atoms. The Bertz CT molecular complexity index is 256. The number of unbranched alkanes of at least 4 members (excludes halogenated alkanes) is 8. The summed E-state index contributed by atoms with van der Waals surface area (Å²) in [6.45, 7) is 14.0. The first-order chi connectivity index (χ1) is 11.5. The van der Waals surface area contributed by atoms with E-state index in [0.717, 1.165) is 25.7 Å². The number of hydrogen-bond donors (Lipinski definition) is 0. The molecule has 146 valence electrons. The molecule has 3 nitrogen and oxygen atoms in total. The van der Waals surface area contributed by atoms with Crippen molar-refractivity contribution in [3.8, 4) is 0 Å². The van der Waals surface area contributed by atoms with Crippen molar-refractivity contribution in [2.75, 3.05) is 13.2 Å². The van der Waals surface area contributed by atoms with Crippen molar-refractivity contribution in [2.24, 2.45) is 5.41 Å². The number of carbonyl (C=O) groups excluding carboxylic acids is 1. The van der Waals surface area contributed by atoms with E-state index in [-0.39, 0.29) is 0 Å². The smallest absolute Gasteiger partial charge is 0.434 e. The van der Waals surface area contributed by atoms with Gasteiger partial charge in [0, 0.05) is 0 Å². The second-order valence-corrected chi connectivity index (χ2v) is 7.44. The van der Waals surface area contributed by atoms with Crippen LogP contribution < -0.4 is 0 Å². The summed E-state index contributed by atoms with van der Waals surface area (Å²) < 4.78 is 10.1. The maximum Gasteiger partial charge on any atom is 0.508 e. The van der Waals surface area contributed by atoms with Crippen molar-refractivity contribution in [1.82, 2.24) is 0 Å². The fourth-order valence-electron chi connectivity index (χ4n) is 2.35. The lowest BCUT2D eigenvalue weighted by molar-refractivity contribution is 0.0527. The van der Waals surface area contributed by atoms with E-state index in [1.165, 1.54) is 44.9 Å². The number of hydrogen-bond acceptors (Lipinski definition) is 3. The molecule has 0 aromatic carbocycles. The molecule has 0 saturated heterocycles. The zero-order chi connectivity index (χ0) is 18.7. The van der Waals surface area contributed by atoms with Gasteiger partial charge < -0.3 is 9.47 Å². The van der Waals surface area contributed by atoms with Crippen LogP contribution in [-0.4, -0.2) is 19.4 Å². The lowest BCUT2D eigenvalue weighted by Crippen LogP contribution is -2.10. The lowest BCUT2D eigenvalue weighted by Gasteiger charge is -2.17. The number of carbonyl (C=O) groups is 1. The van der Waals surface area contributed by atoms with E-state index >= 15 is 0 Å². The molecule has 0 aliphatic rings. The molecule has 0 aliphatic heterocycles. The molecular formula is C21H44O3. The Balaban J connectivity index is 0. The van der Waals surface area contributed by atoms with Gasteiger partial charge in [-0.25, -0.2) is 4.79 Å². The molecule has 0 rings (SSSR count). The molecule has 0 atom stereocenters. The molecule has 3 heteroatoms. The minimum atomic E-state index is -0.498. The van der Waals surface area contributed by atoms with E-state index < -0.39 is 6.16 Å². The normalized spacial score (nSPS) is 10.8. The number of rotatable bonds is 13. The van der Waals surface area contributed by atoms with Crippen molar-refractivity contribution >= 4 is 6.16 Å². The van der Waals surface area contributed by atoms with Gasteiger partial charge in [0.2, 0.25) is 0 Å². The quantitative estimate of drug-likeness (QED) is 0.256. The largest absolute Gasteiger partial charge is 0.508 e. The van der Waals surface area contributed by atoms with Crippen LogP contribution in [0.3, 0.4) is 0 Å². The molecule has 0 saturated carbocycles. The molecule has 0 aliphatic carbocycles. The molecule has 0 aromatic heterocycles. The molecule has 0 unspecified atom stereocenters. The third-order valence-corrected chi connectivity index (χ3v) is 3.76. The highest BCUT2D eigenvalue weighted by Crippen LogP contribution is 2.21. The molecule has 0 radical (unpaired) electrons. The Morgan fingerprint density at radius 2 is 1.12 bits per heavy atom. The van der Waals surface area contributed by atoms with Crippen LogP contribution in [0.2, 0.25) is 0 Å². The van der Waals surface area contributed by atoms with Gasteiger partial charge in [-0.1, -0.05) is 92.9 Å². The van der Waals surface area contributed by atoms with Crippen molar-refractivity contribution in [3.05, 3.63) is 0 Å². The minimum Gasteiger partial charge on any atom is -0.434 e. The summed E-state index contributed by atoms with van der Waals surface area (Å²) in [5.41, 5.74) is 0.399. The van der Waals surface area contributed by atoms with Crippen LogP contribution in [-0.2, 0) is 9.47 Å². The van der Waals surface area contributed by atoms with Gasteiger partial charge in [-0.05, 0) is 24.7 Å². The van der Waals surface area contributed by atoms with Crippen molar-refractivity contribution in [3.63, 3.8) is 0 Å². The van der Waals surface area contributed by atoms with Crippen LogP contribution >= 0.6 is 0 Å². The molecule has 0 bridgehead atoms. The first-order valence-corrected chi connectivity index (χ1v) is 10.3. The summed E-state index contributed by atoms with van der Waals surface area (Å²) in [7, 11) is 0. The third kappa shape index (κ3) is 23.5. The van der Waals surface area contributed by atoms with Gasteiger partial charge in [0.05, 0.1) is 13.2 Å². The second kappa shape index (κ2) is 18.6. The minimum absolute atomic E-state index is 0.399. The topological polar surface area (TPSA) is 35.5 Å². The van der Waals surface area contributed by atoms with E-state index in [0.29, 0.717) is 18.6 Å². The summed E-state index contributed by atoms with van der Waals surface area (Å²) in [6, 6.07) is 0. The average molecular weight is 345 g/mol. The molecule has 24 heavy (non-hydrogen) atoms. The van der Waals surface area contributed by atoms with Gasteiger partial charge in [0.1, 0.15) is 0 Å². The Morgan fingerprint density at radius 1 is 0.708 bits per heavy atom. The Morgan fingerprint density at radius 3 is 1.58 bits per heavy atom. The third-order valence-electron chi connectivity index (χ3n) is 3.76. The Hall–Kier alpha value is -0.730. The van der Waals surface area contributed by atoms with Gasteiger partial charge >= 0.3 is 6.16 Å². The Kier molecular flexibility index (Phi) is 19.8. The monoisotopic (exact) mass is 344 g/mol. The fraction of sp³-hybridized carbons (Fsp3) is 0.952. The van der Waals surface area contributed by atoms with Crippen LogP contribution in [0.5, 0.6) is 0 Å². The van der Waals surface area contributed by atoms with Crippen molar-refractivity contribution in [2.45, 2.75) is 112 Å². The second-order valence-electron chi connectivity index (χ2n) is 7.44. The molecule has 0 N–H and O–H groups in total. The standard InChI is InChI=1S/C19H38O3.C2H6/c1-5-6-7-8-9-10-13-16-21-18(20)22-17-14-11-12-15-19(2,3)4;1-2/h5-17H2,1-4H3;1-2H3. The van der Waals surface area contributed by atoms with Crippen LogP contribution in [0.25, 0.3) is 0 Å². The van der Waals surface area contributed by atoms with Gasteiger partial charge in [0.15, 0.2) is 0 Å². The highest BCUT2D eigenvalue weighted by atomic mass is 16.7. The summed E-state index contributed by atoms with van der Waals surface area (Å²) in [5.74, 6) is 0. The highest BCUT2D eigenvalue weighted by Gasteiger charge is 2.09. The number of ether oxygens (including phenoxy) is 2. The van der Waals surface area contributed by atoms with Gasteiger partial charge in [-0.15, -0.1) is 0 Å². The first kappa shape index (κ1) is 25.5. The summed E-state index contributed by atoms with van der Waals surface area (Å²) >= 11 is 0. The molecule has 0 fully saturated rings. The highest BCUT2D eigenvalue weighted by molar-refractivity contribution is 5.59. The van der Waals surface area contributed by atoms with Crippen LogP contribution in [0.4, 0.5) is 4.79 Å². The summed E-state index contributed by atoms with van der Waals surface area (Å²) in [6.07, 6.45) is 12.5. The zero-order valence-corrected chi connectivity index (χ0v) is 17.4. The van der Waals surface area contributed by atoms with E-state index in [9.17, 15) is 4.79 Å². The van der Waals surface area contributed by atoms with Gasteiger partial charge in [-0.2, -0.15) is 0 Å². The molecular weight excluding hydrogens is 300 g/mol. The first-order valence-electron chi connectivity index (χ1n) is 10.3. The summed E-state index contributed by atoms with van der Waals surface area (Å²) in [5, 5.41) is 0. The predicted octanol–water partition coefficient (Wildman–Crippen LogP) is 7.52. The van der Waals surface area contributed by atoms with Gasteiger partial charge in [0.25, 0.3) is 0 Å². The van der Waals surface area contributed by atoms with Crippen LogP contribution in [0, 0.1) is 5.41 Å². The maximum absolute atomic E-state index is 11.4. The van der Waals surface area contributed by atoms with E-state index in [2.05, 4.69) is 27.7 Å². The fourth-order valence-corrected chi connectivity index (χ4v) is 2.35. The zero-order valence-electron chi connectivity index (χ0n) is 17.4. The predicted molar refractivity (Wildman–Crippen MR) is 105 cm³/mol. The molecule has 0 aromatic rings. The van der Waals surface area contributed by atoms with E-state index in [1.807, 2.05) is 13.8 Å². The maximum atomic E-state index is 11.4. The van der Waals surface area contributed by atoms with Crippen LogP contribution in [0.1, 0.15) is 112 Å². The van der Waals surface area contributed by atoms with E-state index in [1.54, 1.807) is 0 Å².